The molecule has 2 rings (SSSR count). The third-order valence-electron chi connectivity index (χ3n) is 3.21. The van der Waals surface area contributed by atoms with Crippen molar-refractivity contribution < 1.29 is 19.6 Å². The fraction of sp³-hybridized carbons (Fsp3) is 0.333. The van der Waals surface area contributed by atoms with Crippen LogP contribution in [0.3, 0.4) is 0 Å². The Bertz CT molecular complexity index is 589. The molecule has 0 bridgehead atoms. The van der Waals surface area contributed by atoms with Crippen molar-refractivity contribution in [2.45, 2.75) is 6.42 Å². The average molecular weight is 343 g/mol. The van der Waals surface area contributed by atoms with Gasteiger partial charge in [0.05, 0.1) is 15.3 Å². The lowest BCUT2D eigenvalue weighted by molar-refractivity contribution is -0.385. The molecule has 1 aliphatic heterocycles. The number of rotatable bonds is 3. The van der Waals surface area contributed by atoms with Gasteiger partial charge in [0.25, 0.3) is 11.6 Å². The Morgan fingerprint density at radius 1 is 1.45 bits per heavy atom. The molecule has 8 heteroatoms. The van der Waals surface area contributed by atoms with Gasteiger partial charge in [-0.2, -0.15) is 0 Å². The van der Waals surface area contributed by atoms with Gasteiger partial charge in [0.2, 0.25) is 0 Å². The second kappa shape index (κ2) is 5.58. The predicted octanol–water partition coefficient (Wildman–Crippen LogP) is 1.90. The van der Waals surface area contributed by atoms with E-state index in [1.54, 1.807) is 0 Å². The third kappa shape index (κ3) is 2.79. The van der Waals surface area contributed by atoms with Gasteiger partial charge >= 0.3 is 5.97 Å². The highest BCUT2D eigenvalue weighted by atomic mass is 79.9. The van der Waals surface area contributed by atoms with Crippen LogP contribution >= 0.6 is 15.9 Å². The monoisotopic (exact) mass is 342 g/mol. The van der Waals surface area contributed by atoms with E-state index in [2.05, 4.69) is 15.9 Å². The second-order valence-corrected chi connectivity index (χ2v) is 5.35. The first-order valence-corrected chi connectivity index (χ1v) is 6.65. The lowest BCUT2D eigenvalue weighted by Crippen LogP contribution is -2.29. The van der Waals surface area contributed by atoms with Crippen molar-refractivity contribution >= 4 is 33.5 Å². The van der Waals surface area contributed by atoms with Crippen molar-refractivity contribution in [1.82, 2.24) is 4.90 Å². The minimum Gasteiger partial charge on any atom is -0.481 e. The van der Waals surface area contributed by atoms with Gasteiger partial charge in [-0.05, 0) is 34.5 Å². The molecular formula is C12H11BrN2O5. The summed E-state index contributed by atoms with van der Waals surface area (Å²) in [6.45, 7) is 0.484. The number of nitrogens with zero attached hydrogens (tertiary/aromatic N) is 2. The summed E-state index contributed by atoms with van der Waals surface area (Å²) in [7, 11) is 0. The van der Waals surface area contributed by atoms with Crippen LogP contribution in [0.2, 0.25) is 0 Å². The zero-order valence-corrected chi connectivity index (χ0v) is 11.9. The van der Waals surface area contributed by atoms with E-state index in [0.29, 0.717) is 17.4 Å². The van der Waals surface area contributed by atoms with Crippen LogP contribution in [0.25, 0.3) is 0 Å². The Labute approximate surface area is 122 Å². The van der Waals surface area contributed by atoms with Crippen LogP contribution in [0, 0.1) is 16.0 Å². The number of benzene rings is 1. The summed E-state index contributed by atoms with van der Waals surface area (Å²) in [5.74, 6) is -1.88. The number of aliphatic carboxylic acids is 1. The first-order chi connectivity index (χ1) is 9.40. The molecule has 1 N–H and O–H groups in total. The molecule has 1 unspecified atom stereocenters. The lowest BCUT2D eigenvalue weighted by Gasteiger charge is -2.15. The molecule has 1 amide bonds. The minimum atomic E-state index is -0.929. The molecule has 0 aliphatic carbocycles. The molecule has 0 saturated carbocycles. The standard InChI is InChI=1S/C12H11BrN2O5/c13-9-2-1-7(5-10(9)15(19)20)11(16)14-4-3-8(6-14)12(17)18/h1-2,5,8H,3-4,6H2,(H,17,18). The van der Waals surface area contributed by atoms with E-state index in [9.17, 15) is 19.7 Å². The number of hydrogen-bond acceptors (Lipinski definition) is 4. The zero-order chi connectivity index (χ0) is 14.9. The molecule has 20 heavy (non-hydrogen) atoms. The Kier molecular flexibility index (Phi) is 4.03. The average Bonchev–Trinajstić information content (AvgIpc) is 2.87. The summed E-state index contributed by atoms with van der Waals surface area (Å²) in [5, 5.41) is 19.7. The molecule has 1 aromatic rings. The van der Waals surface area contributed by atoms with E-state index in [-0.39, 0.29) is 23.7 Å². The number of halogens is 1. The van der Waals surface area contributed by atoms with E-state index in [4.69, 9.17) is 5.11 Å². The summed E-state index contributed by atoms with van der Waals surface area (Å²) in [4.78, 5) is 34.7. The quantitative estimate of drug-likeness (QED) is 0.667. The van der Waals surface area contributed by atoms with E-state index in [1.165, 1.54) is 23.1 Å². The molecule has 7 nitrogen and oxygen atoms in total. The first-order valence-electron chi connectivity index (χ1n) is 5.86. The fourth-order valence-electron chi connectivity index (χ4n) is 2.11. The van der Waals surface area contributed by atoms with Gasteiger partial charge in [0.1, 0.15) is 0 Å². The second-order valence-electron chi connectivity index (χ2n) is 4.50. The maximum Gasteiger partial charge on any atom is 0.308 e. The summed E-state index contributed by atoms with van der Waals surface area (Å²) in [5.41, 5.74) is -0.00392. The molecular weight excluding hydrogens is 332 g/mol. The molecule has 0 radical (unpaired) electrons. The molecule has 1 fully saturated rings. The van der Waals surface area contributed by atoms with Crippen LogP contribution in [0.15, 0.2) is 22.7 Å². The van der Waals surface area contributed by atoms with Gasteiger partial charge in [-0.15, -0.1) is 0 Å². The SMILES string of the molecule is O=C(O)C1CCN(C(=O)c2ccc(Br)c([N+](=O)[O-])c2)C1. The predicted molar refractivity (Wildman–Crippen MR) is 72.4 cm³/mol. The van der Waals surface area contributed by atoms with Crippen molar-refractivity contribution in [3.05, 3.63) is 38.3 Å². The summed E-state index contributed by atoms with van der Waals surface area (Å²) in [6.07, 6.45) is 0.402. The van der Waals surface area contributed by atoms with Crippen LogP contribution in [0.4, 0.5) is 5.69 Å². The number of nitro benzene ring substituents is 1. The van der Waals surface area contributed by atoms with Crippen LogP contribution < -0.4 is 0 Å². The summed E-state index contributed by atoms with van der Waals surface area (Å²) in [6, 6.07) is 4.12. The number of carbonyl (C=O) groups is 2. The molecule has 1 saturated heterocycles. The molecule has 1 atom stereocenters. The van der Waals surface area contributed by atoms with Crippen LogP contribution in [0.5, 0.6) is 0 Å². The summed E-state index contributed by atoms with van der Waals surface area (Å²) >= 11 is 3.05. The van der Waals surface area contributed by atoms with E-state index in [0.717, 1.165) is 0 Å². The van der Waals surface area contributed by atoms with Crippen molar-refractivity contribution in [2.75, 3.05) is 13.1 Å². The normalized spacial score (nSPS) is 18.1. The molecule has 1 heterocycles. The largest absolute Gasteiger partial charge is 0.481 e. The molecule has 0 aromatic heterocycles. The highest BCUT2D eigenvalue weighted by Crippen LogP contribution is 2.27. The van der Waals surface area contributed by atoms with Gasteiger partial charge < -0.3 is 10.0 Å². The number of amides is 1. The van der Waals surface area contributed by atoms with Gasteiger partial charge in [-0.3, -0.25) is 19.7 Å². The number of hydrogen-bond donors (Lipinski definition) is 1. The fourth-order valence-corrected chi connectivity index (χ4v) is 2.51. The van der Waals surface area contributed by atoms with E-state index in [1.807, 2.05) is 0 Å². The highest BCUT2D eigenvalue weighted by Gasteiger charge is 2.31. The minimum absolute atomic E-state index is 0.137. The number of carboxylic acid groups (broad SMARTS) is 1. The zero-order valence-electron chi connectivity index (χ0n) is 10.3. The van der Waals surface area contributed by atoms with E-state index >= 15 is 0 Å². The van der Waals surface area contributed by atoms with Crippen LogP contribution in [0.1, 0.15) is 16.8 Å². The Morgan fingerprint density at radius 3 is 2.70 bits per heavy atom. The first kappa shape index (κ1) is 14.4. The van der Waals surface area contributed by atoms with Gasteiger partial charge in [-0.25, -0.2) is 0 Å². The number of carbonyl (C=O) groups excluding carboxylic acids is 1. The van der Waals surface area contributed by atoms with E-state index < -0.39 is 16.8 Å². The molecule has 1 aromatic carbocycles. The molecule has 1 aliphatic rings. The van der Waals surface area contributed by atoms with Gasteiger partial charge in [0, 0.05) is 24.7 Å². The number of carboxylic acids is 1. The van der Waals surface area contributed by atoms with Crippen LogP contribution in [-0.4, -0.2) is 39.9 Å². The Morgan fingerprint density at radius 2 is 2.15 bits per heavy atom. The highest BCUT2D eigenvalue weighted by molar-refractivity contribution is 9.10. The van der Waals surface area contributed by atoms with Crippen molar-refractivity contribution in [3.63, 3.8) is 0 Å². The van der Waals surface area contributed by atoms with Gasteiger partial charge in [-0.1, -0.05) is 0 Å². The topological polar surface area (TPSA) is 101 Å². The lowest BCUT2D eigenvalue weighted by atomic mass is 10.1. The maximum absolute atomic E-state index is 12.2. The summed E-state index contributed by atoms with van der Waals surface area (Å²) < 4.78 is 0.295. The van der Waals surface area contributed by atoms with Crippen molar-refractivity contribution in [1.29, 1.82) is 0 Å². The van der Waals surface area contributed by atoms with Crippen molar-refractivity contribution in [2.24, 2.45) is 5.92 Å². The van der Waals surface area contributed by atoms with Crippen LogP contribution in [-0.2, 0) is 4.79 Å². The van der Waals surface area contributed by atoms with Gasteiger partial charge in [0.15, 0.2) is 0 Å². The smallest absolute Gasteiger partial charge is 0.308 e. The van der Waals surface area contributed by atoms with Crippen molar-refractivity contribution in [3.8, 4) is 0 Å². The third-order valence-corrected chi connectivity index (χ3v) is 3.89. The maximum atomic E-state index is 12.2. The molecule has 0 spiro atoms. The number of likely N-dealkylation sites (tertiary alicyclic amines) is 1. The Hall–Kier alpha value is -1.96. The number of nitro groups is 1. The Balaban J connectivity index is 2.20. The molecule has 106 valence electrons.